The first-order valence-corrected chi connectivity index (χ1v) is 6.10. The summed E-state index contributed by atoms with van der Waals surface area (Å²) in [7, 11) is 0. The third-order valence-electron chi connectivity index (χ3n) is 2.35. The first-order chi connectivity index (χ1) is 8.50. The number of benzene rings is 1. The van der Waals surface area contributed by atoms with Crippen LogP contribution in [0.25, 0.3) is 0 Å². The van der Waals surface area contributed by atoms with Crippen molar-refractivity contribution in [1.82, 2.24) is 5.06 Å². The van der Waals surface area contributed by atoms with Gasteiger partial charge in [0, 0.05) is 16.4 Å². The fourth-order valence-corrected chi connectivity index (χ4v) is 2.16. The summed E-state index contributed by atoms with van der Waals surface area (Å²) >= 11 is 1.77. The van der Waals surface area contributed by atoms with E-state index in [2.05, 4.69) is 4.84 Å². The molecule has 94 valence electrons. The molecule has 1 aliphatic heterocycles. The summed E-state index contributed by atoms with van der Waals surface area (Å²) in [5.74, 6) is -3.01. The smallest absolute Gasteiger partial charge is 0.325 e. The van der Waals surface area contributed by atoms with Crippen LogP contribution < -0.4 is 0 Å². The summed E-state index contributed by atoms with van der Waals surface area (Å²) in [6.07, 6.45) is 0.000947. The number of rotatable bonds is 2. The molecular weight excluding hydrogens is 356 g/mol. The van der Waals surface area contributed by atoms with E-state index in [9.17, 15) is 18.8 Å². The lowest BCUT2D eigenvalue weighted by molar-refractivity contribution is -0.172. The molecule has 7 heteroatoms. The van der Waals surface area contributed by atoms with Crippen LogP contribution in [0, 0.1) is 9.39 Å². The molecule has 0 bridgehead atoms. The van der Waals surface area contributed by atoms with E-state index >= 15 is 0 Å². The van der Waals surface area contributed by atoms with Gasteiger partial charge in [-0.15, -0.1) is 5.06 Å². The van der Waals surface area contributed by atoms with Crippen molar-refractivity contribution in [2.24, 2.45) is 0 Å². The van der Waals surface area contributed by atoms with Crippen molar-refractivity contribution in [3.63, 3.8) is 0 Å². The lowest BCUT2D eigenvalue weighted by Crippen LogP contribution is -2.32. The molecule has 5 nitrogen and oxygen atoms in total. The SMILES string of the molecule is O=C(ON1C(=O)CCC1=O)c1c(F)cccc1I. The summed E-state index contributed by atoms with van der Waals surface area (Å²) in [5.41, 5.74) is -0.286. The lowest BCUT2D eigenvalue weighted by atomic mass is 10.2. The molecule has 0 spiro atoms. The van der Waals surface area contributed by atoms with Crippen LogP contribution in [0.3, 0.4) is 0 Å². The quantitative estimate of drug-likeness (QED) is 0.592. The number of hydrogen-bond donors (Lipinski definition) is 0. The zero-order valence-electron chi connectivity index (χ0n) is 8.98. The van der Waals surface area contributed by atoms with Crippen molar-refractivity contribution < 1.29 is 23.6 Å². The standard InChI is InChI=1S/C11H7FINO4/c12-6-2-1-3-7(13)10(6)11(17)18-14-8(15)4-5-9(14)16/h1-3H,4-5H2. The number of hydrogen-bond acceptors (Lipinski definition) is 4. The van der Waals surface area contributed by atoms with E-state index < -0.39 is 23.6 Å². The predicted octanol–water partition coefficient (Wildman–Crippen LogP) is 1.65. The zero-order valence-corrected chi connectivity index (χ0v) is 11.1. The van der Waals surface area contributed by atoms with Gasteiger partial charge in [-0.05, 0) is 34.7 Å². The highest BCUT2D eigenvalue weighted by molar-refractivity contribution is 14.1. The highest BCUT2D eigenvalue weighted by Crippen LogP contribution is 2.19. The van der Waals surface area contributed by atoms with Crippen LogP contribution in [0.4, 0.5) is 4.39 Å². The summed E-state index contributed by atoms with van der Waals surface area (Å²) in [5, 5.41) is 0.394. The topological polar surface area (TPSA) is 63.7 Å². The molecule has 0 unspecified atom stereocenters. The van der Waals surface area contributed by atoms with Crippen LogP contribution in [0.5, 0.6) is 0 Å². The highest BCUT2D eigenvalue weighted by atomic mass is 127. The van der Waals surface area contributed by atoms with Crippen LogP contribution in [-0.4, -0.2) is 22.8 Å². The number of amides is 2. The monoisotopic (exact) mass is 363 g/mol. The van der Waals surface area contributed by atoms with E-state index in [1.54, 1.807) is 22.6 Å². The van der Waals surface area contributed by atoms with Crippen molar-refractivity contribution in [3.8, 4) is 0 Å². The number of nitrogens with zero attached hydrogens (tertiary/aromatic N) is 1. The Morgan fingerprint density at radius 3 is 2.44 bits per heavy atom. The van der Waals surface area contributed by atoms with E-state index in [-0.39, 0.29) is 18.4 Å². The minimum absolute atomic E-state index is 0.000474. The number of imide groups is 1. The number of halogens is 2. The molecule has 0 aliphatic carbocycles. The van der Waals surface area contributed by atoms with Crippen molar-refractivity contribution >= 4 is 40.4 Å². The maximum absolute atomic E-state index is 13.5. The minimum Gasteiger partial charge on any atom is -0.325 e. The Labute approximate surface area is 115 Å². The molecule has 1 aromatic carbocycles. The molecule has 1 fully saturated rings. The molecule has 0 atom stereocenters. The van der Waals surface area contributed by atoms with E-state index in [0.29, 0.717) is 8.63 Å². The fourth-order valence-electron chi connectivity index (χ4n) is 1.48. The van der Waals surface area contributed by atoms with Crippen LogP contribution >= 0.6 is 22.6 Å². The minimum atomic E-state index is -1.05. The molecule has 1 saturated heterocycles. The molecule has 18 heavy (non-hydrogen) atoms. The molecule has 0 N–H and O–H groups in total. The third-order valence-corrected chi connectivity index (χ3v) is 3.25. The molecule has 0 saturated carbocycles. The first-order valence-electron chi connectivity index (χ1n) is 5.03. The van der Waals surface area contributed by atoms with E-state index in [1.807, 2.05) is 0 Å². The van der Waals surface area contributed by atoms with Gasteiger partial charge in [0.25, 0.3) is 11.8 Å². The Balaban J connectivity index is 2.23. The van der Waals surface area contributed by atoms with E-state index in [1.165, 1.54) is 12.1 Å². The summed E-state index contributed by atoms with van der Waals surface area (Å²) in [4.78, 5) is 38.9. The maximum Gasteiger partial charge on any atom is 0.367 e. The largest absolute Gasteiger partial charge is 0.367 e. The van der Waals surface area contributed by atoms with Crippen molar-refractivity contribution in [1.29, 1.82) is 0 Å². The van der Waals surface area contributed by atoms with Gasteiger partial charge in [-0.25, -0.2) is 9.18 Å². The van der Waals surface area contributed by atoms with Gasteiger partial charge in [0.05, 0.1) is 0 Å². The van der Waals surface area contributed by atoms with Gasteiger partial charge >= 0.3 is 5.97 Å². The number of carbonyl (C=O) groups excluding carboxylic acids is 3. The van der Waals surface area contributed by atoms with Gasteiger partial charge in [0.1, 0.15) is 11.4 Å². The van der Waals surface area contributed by atoms with Crippen molar-refractivity contribution in [2.45, 2.75) is 12.8 Å². The third kappa shape index (κ3) is 2.35. The Morgan fingerprint density at radius 1 is 1.28 bits per heavy atom. The molecule has 0 radical (unpaired) electrons. The second kappa shape index (κ2) is 5.01. The van der Waals surface area contributed by atoms with Gasteiger partial charge in [0.15, 0.2) is 0 Å². The van der Waals surface area contributed by atoms with Gasteiger partial charge < -0.3 is 4.84 Å². The zero-order chi connectivity index (χ0) is 13.3. The van der Waals surface area contributed by atoms with Gasteiger partial charge in [0.2, 0.25) is 0 Å². The summed E-state index contributed by atoms with van der Waals surface area (Å²) in [6, 6.07) is 4.07. The fraction of sp³-hybridized carbons (Fsp3) is 0.182. The lowest BCUT2D eigenvalue weighted by Gasteiger charge is -2.13. The summed E-state index contributed by atoms with van der Waals surface area (Å²) < 4.78 is 13.8. The normalized spacial score (nSPS) is 15.1. The van der Waals surface area contributed by atoms with Crippen molar-refractivity contribution in [3.05, 3.63) is 33.1 Å². The Hall–Kier alpha value is -1.51. The van der Waals surface area contributed by atoms with Crippen LogP contribution in [-0.2, 0) is 14.4 Å². The molecule has 0 aromatic heterocycles. The highest BCUT2D eigenvalue weighted by Gasteiger charge is 2.34. The Morgan fingerprint density at radius 2 is 1.89 bits per heavy atom. The molecule has 1 heterocycles. The molecule has 1 aliphatic rings. The van der Waals surface area contributed by atoms with Gasteiger partial charge in [-0.3, -0.25) is 9.59 Å². The van der Waals surface area contributed by atoms with Gasteiger partial charge in [-0.2, -0.15) is 0 Å². The second-order valence-electron chi connectivity index (χ2n) is 3.56. The number of carbonyl (C=O) groups is 3. The van der Waals surface area contributed by atoms with E-state index in [4.69, 9.17) is 0 Å². The van der Waals surface area contributed by atoms with Crippen molar-refractivity contribution in [2.75, 3.05) is 0 Å². The van der Waals surface area contributed by atoms with Crippen LogP contribution in [0.2, 0.25) is 0 Å². The average Bonchev–Trinajstić information content (AvgIpc) is 2.60. The van der Waals surface area contributed by atoms with Crippen LogP contribution in [0.15, 0.2) is 18.2 Å². The molecule has 2 amide bonds. The average molecular weight is 363 g/mol. The Kier molecular flexibility index (Phi) is 3.60. The first kappa shape index (κ1) is 12.9. The number of hydroxylamine groups is 2. The molecule has 1 aromatic rings. The summed E-state index contributed by atoms with van der Waals surface area (Å²) in [6.45, 7) is 0. The van der Waals surface area contributed by atoms with E-state index in [0.717, 1.165) is 6.07 Å². The predicted molar refractivity (Wildman–Crippen MR) is 65.6 cm³/mol. The van der Waals surface area contributed by atoms with Gasteiger partial charge in [-0.1, -0.05) is 6.07 Å². The Bertz CT molecular complexity index is 510. The molecular formula is C11H7FINO4. The van der Waals surface area contributed by atoms with Crippen LogP contribution in [0.1, 0.15) is 23.2 Å². The maximum atomic E-state index is 13.5. The second-order valence-corrected chi connectivity index (χ2v) is 4.72. The molecule has 2 rings (SSSR count).